The number of likely N-dealkylation sites (N-methyl/N-ethyl adjacent to an activating group) is 1. The predicted octanol–water partition coefficient (Wildman–Crippen LogP) is 5.15. The van der Waals surface area contributed by atoms with Crippen molar-refractivity contribution in [3.63, 3.8) is 0 Å². The molecule has 0 heterocycles. The zero-order chi connectivity index (χ0) is 14.5. The molecule has 0 aliphatic carbocycles. The Bertz CT molecular complexity index is 566. The van der Waals surface area contributed by atoms with Crippen LogP contribution in [0.5, 0.6) is 0 Å². The predicted molar refractivity (Wildman–Crippen MR) is 95.5 cm³/mol. The van der Waals surface area contributed by atoms with Crippen molar-refractivity contribution in [1.29, 1.82) is 0 Å². The number of hydrogen-bond donors (Lipinski definition) is 1. The molecule has 3 heteroatoms. The maximum atomic E-state index is 6.12. The third-order valence-electron chi connectivity index (χ3n) is 3.39. The third kappa shape index (κ3) is 4.21. The molecule has 0 saturated heterocycles. The van der Waals surface area contributed by atoms with E-state index in [9.17, 15) is 0 Å². The average Bonchev–Trinajstić information content (AvgIpc) is 2.44. The highest BCUT2D eigenvalue weighted by Crippen LogP contribution is 2.24. The van der Waals surface area contributed by atoms with Gasteiger partial charge in [0.1, 0.15) is 0 Å². The molecule has 0 radical (unpaired) electrons. The molecule has 1 N–H and O–H groups in total. The van der Waals surface area contributed by atoms with Crippen LogP contribution in [0.15, 0.2) is 42.5 Å². The molecule has 1 nitrogen and oxygen atoms in total. The standard InChI is InChI=1S/C17H19ClIN/c1-3-20-17(11-13-4-7-15(19)8-5-13)14-6-9-16(18)12(2)10-14/h4-10,17,20H,3,11H2,1-2H3. The third-order valence-corrected chi connectivity index (χ3v) is 4.53. The highest BCUT2D eigenvalue weighted by atomic mass is 127. The van der Waals surface area contributed by atoms with E-state index < -0.39 is 0 Å². The second-order valence-corrected chi connectivity index (χ2v) is 6.60. The molecule has 106 valence electrons. The first-order valence-corrected chi connectivity index (χ1v) is 8.29. The van der Waals surface area contributed by atoms with Crippen molar-refractivity contribution in [2.75, 3.05) is 6.54 Å². The summed E-state index contributed by atoms with van der Waals surface area (Å²) in [5, 5.41) is 4.40. The first-order valence-electron chi connectivity index (χ1n) is 6.84. The quantitative estimate of drug-likeness (QED) is 0.686. The van der Waals surface area contributed by atoms with Crippen molar-refractivity contribution >= 4 is 34.2 Å². The van der Waals surface area contributed by atoms with Gasteiger partial charge in [0.05, 0.1) is 0 Å². The van der Waals surface area contributed by atoms with Gasteiger partial charge in [-0.15, -0.1) is 0 Å². The maximum absolute atomic E-state index is 6.12. The van der Waals surface area contributed by atoms with Gasteiger partial charge in [-0.1, -0.05) is 42.8 Å². The summed E-state index contributed by atoms with van der Waals surface area (Å²) in [6, 6.07) is 15.3. The molecule has 0 spiro atoms. The average molecular weight is 400 g/mol. The van der Waals surface area contributed by atoms with Crippen LogP contribution in [0, 0.1) is 10.5 Å². The van der Waals surface area contributed by atoms with Crippen LogP contribution >= 0.6 is 34.2 Å². The van der Waals surface area contributed by atoms with Gasteiger partial charge in [-0.25, -0.2) is 0 Å². The van der Waals surface area contributed by atoms with Gasteiger partial charge in [-0.2, -0.15) is 0 Å². The monoisotopic (exact) mass is 399 g/mol. The molecule has 20 heavy (non-hydrogen) atoms. The molecule has 0 aliphatic rings. The fourth-order valence-electron chi connectivity index (χ4n) is 2.30. The van der Waals surface area contributed by atoms with Crippen molar-refractivity contribution < 1.29 is 0 Å². The van der Waals surface area contributed by atoms with Gasteiger partial charge in [0.25, 0.3) is 0 Å². The number of hydrogen-bond acceptors (Lipinski definition) is 1. The molecule has 0 fully saturated rings. The zero-order valence-electron chi connectivity index (χ0n) is 11.8. The van der Waals surface area contributed by atoms with Crippen LogP contribution in [-0.4, -0.2) is 6.54 Å². The fourth-order valence-corrected chi connectivity index (χ4v) is 2.77. The zero-order valence-corrected chi connectivity index (χ0v) is 14.7. The molecule has 2 rings (SSSR count). The molecule has 0 aliphatic heterocycles. The number of benzene rings is 2. The SMILES string of the molecule is CCNC(Cc1ccc(I)cc1)c1ccc(Cl)c(C)c1. The Labute approximate surface area is 139 Å². The summed E-state index contributed by atoms with van der Waals surface area (Å²) >= 11 is 8.45. The minimum atomic E-state index is 0.330. The second-order valence-electron chi connectivity index (χ2n) is 4.95. The van der Waals surface area contributed by atoms with Crippen LogP contribution < -0.4 is 5.32 Å². The highest BCUT2D eigenvalue weighted by Gasteiger charge is 2.12. The van der Waals surface area contributed by atoms with E-state index in [4.69, 9.17) is 11.6 Å². The van der Waals surface area contributed by atoms with Gasteiger partial charge < -0.3 is 5.32 Å². The van der Waals surface area contributed by atoms with E-state index in [0.29, 0.717) is 6.04 Å². The Morgan fingerprint density at radius 2 is 1.85 bits per heavy atom. The molecule has 0 saturated carbocycles. The van der Waals surface area contributed by atoms with E-state index in [2.05, 4.69) is 78.2 Å². The normalized spacial score (nSPS) is 12.4. The summed E-state index contributed by atoms with van der Waals surface area (Å²) in [5.74, 6) is 0. The Morgan fingerprint density at radius 1 is 1.15 bits per heavy atom. The Balaban J connectivity index is 2.21. The van der Waals surface area contributed by atoms with Crippen molar-refractivity contribution in [1.82, 2.24) is 5.32 Å². The maximum Gasteiger partial charge on any atom is 0.0435 e. The topological polar surface area (TPSA) is 12.0 Å². The van der Waals surface area contributed by atoms with E-state index in [1.165, 1.54) is 14.7 Å². The molecule has 1 unspecified atom stereocenters. The van der Waals surface area contributed by atoms with Gasteiger partial charge >= 0.3 is 0 Å². The molecule has 0 amide bonds. The molecular weight excluding hydrogens is 381 g/mol. The van der Waals surface area contributed by atoms with Gasteiger partial charge in [0, 0.05) is 14.6 Å². The van der Waals surface area contributed by atoms with Crippen molar-refractivity contribution in [3.8, 4) is 0 Å². The first-order chi connectivity index (χ1) is 9.60. The molecule has 2 aromatic rings. The van der Waals surface area contributed by atoms with E-state index in [1.807, 2.05) is 6.07 Å². The van der Waals surface area contributed by atoms with Crippen molar-refractivity contribution in [2.45, 2.75) is 26.3 Å². The number of nitrogens with one attached hydrogen (secondary N) is 1. The summed E-state index contributed by atoms with van der Waals surface area (Å²) in [5.41, 5.74) is 3.78. The van der Waals surface area contributed by atoms with Crippen LogP contribution in [-0.2, 0) is 6.42 Å². The van der Waals surface area contributed by atoms with Gasteiger partial charge in [-0.3, -0.25) is 0 Å². The Morgan fingerprint density at radius 3 is 2.45 bits per heavy atom. The van der Waals surface area contributed by atoms with Gasteiger partial charge in [0.15, 0.2) is 0 Å². The van der Waals surface area contributed by atoms with Gasteiger partial charge in [0.2, 0.25) is 0 Å². The van der Waals surface area contributed by atoms with Crippen molar-refractivity contribution in [2.24, 2.45) is 0 Å². The van der Waals surface area contributed by atoms with E-state index >= 15 is 0 Å². The summed E-state index contributed by atoms with van der Waals surface area (Å²) < 4.78 is 1.27. The summed E-state index contributed by atoms with van der Waals surface area (Å²) in [6.45, 7) is 5.15. The molecule has 0 aromatic heterocycles. The molecule has 2 aromatic carbocycles. The minimum absolute atomic E-state index is 0.330. The smallest absolute Gasteiger partial charge is 0.0435 e. The first kappa shape index (κ1) is 15.8. The van der Waals surface area contributed by atoms with E-state index in [-0.39, 0.29) is 0 Å². The van der Waals surface area contributed by atoms with Crippen molar-refractivity contribution in [3.05, 3.63) is 67.7 Å². The molecule has 0 bridgehead atoms. The van der Waals surface area contributed by atoms with Crippen LogP contribution in [0.2, 0.25) is 5.02 Å². The van der Waals surface area contributed by atoms with Crippen LogP contribution in [0.1, 0.15) is 29.7 Å². The number of halogens is 2. The van der Waals surface area contributed by atoms with Crippen LogP contribution in [0.3, 0.4) is 0 Å². The van der Waals surface area contributed by atoms with E-state index in [0.717, 1.165) is 23.6 Å². The summed E-state index contributed by atoms with van der Waals surface area (Å²) in [4.78, 5) is 0. The minimum Gasteiger partial charge on any atom is -0.310 e. The second kappa shape index (κ2) is 7.43. The summed E-state index contributed by atoms with van der Waals surface area (Å²) in [7, 11) is 0. The Kier molecular flexibility index (Phi) is 5.87. The van der Waals surface area contributed by atoms with E-state index in [1.54, 1.807) is 0 Å². The number of rotatable bonds is 5. The van der Waals surface area contributed by atoms with Gasteiger partial charge in [-0.05, 0) is 77.4 Å². The lowest BCUT2D eigenvalue weighted by molar-refractivity contribution is 0.549. The number of aryl methyl sites for hydroxylation is 1. The van der Waals surface area contributed by atoms with Crippen LogP contribution in [0.25, 0.3) is 0 Å². The lowest BCUT2D eigenvalue weighted by Crippen LogP contribution is -2.23. The largest absolute Gasteiger partial charge is 0.310 e. The highest BCUT2D eigenvalue weighted by molar-refractivity contribution is 14.1. The molecular formula is C17H19ClIN. The molecule has 1 atom stereocenters. The fraction of sp³-hybridized carbons (Fsp3) is 0.294. The lowest BCUT2D eigenvalue weighted by Gasteiger charge is -2.19. The lowest BCUT2D eigenvalue weighted by atomic mass is 9.97. The summed E-state index contributed by atoms with van der Waals surface area (Å²) in [6.07, 6.45) is 0.992. The Hall–Kier alpha value is -0.580. The van der Waals surface area contributed by atoms with Crippen LogP contribution in [0.4, 0.5) is 0 Å².